The number of aliphatic imine (C=N–C) groups is 1. The predicted octanol–water partition coefficient (Wildman–Crippen LogP) is 4.50. The van der Waals surface area contributed by atoms with Gasteiger partial charge in [0.2, 0.25) is 0 Å². The van der Waals surface area contributed by atoms with Gasteiger partial charge in [-0.2, -0.15) is 0 Å². The SMILES string of the molecule is Cc1ccc2nc(/C(C=NC3CC4CCC(C3)O4)=C/N)c3c(c2c1C=N)CCCC3. The van der Waals surface area contributed by atoms with Gasteiger partial charge in [0, 0.05) is 35.2 Å². The standard InChI is InChI=1S/C25H30N4O/c1-15-6-9-23-24(22(15)13-27)20-4-2-3-5-21(20)25(29-23)16(12-26)14-28-17-10-18-7-8-19(11-17)30-18/h6,9,12-14,17-19,27H,2-5,7-8,10-11,26H2,1H3/b16-12+,27-13?,28-14?. The first-order chi connectivity index (χ1) is 14.7. The highest BCUT2D eigenvalue weighted by Gasteiger charge is 2.34. The lowest BCUT2D eigenvalue weighted by atomic mass is 9.84. The van der Waals surface area contributed by atoms with Gasteiger partial charge in [-0.1, -0.05) is 6.07 Å². The van der Waals surface area contributed by atoms with E-state index in [1.54, 1.807) is 6.20 Å². The van der Waals surface area contributed by atoms with E-state index in [4.69, 9.17) is 25.9 Å². The van der Waals surface area contributed by atoms with Crippen LogP contribution in [0.25, 0.3) is 16.5 Å². The molecule has 30 heavy (non-hydrogen) atoms. The number of benzene rings is 1. The third-order valence-electron chi connectivity index (χ3n) is 7.02. The van der Waals surface area contributed by atoms with E-state index < -0.39 is 0 Å². The van der Waals surface area contributed by atoms with Gasteiger partial charge in [-0.05, 0) is 81.0 Å². The van der Waals surface area contributed by atoms with Crippen molar-refractivity contribution in [2.45, 2.75) is 76.5 Å². The van der Waals surface area contributed by atoms with Crippen molar-refractivity contribution in [3.05, 3.63) is 46.3 Å². The van der Waals surface area contributed by atoms with Crippen LogP contribution in [0.15, 0.2) is 23.3 Å². The largest absolute Gasteiger partial charge is 0.404 e. The van der Waals surface area contributed by atoms with Gasteiger partial charge in [-0.15, -0.1) is 0 Å². The first-order valence-corrected chi connectivity index (χ1v) is 11.2. The van der Waals surface area contributed by atoms with Gasteiger partial charge in [-0.25, -0.2) is 4.98 Å². The van der Waals surface area contributed by atoms with Crippen molar-refractivity contribution in [2.75, 3.05) is 0 Å². The lowest BCUT2D eigenvalue weighted by molar-refractivity contribution is -0.00188. The molecular formula is C25H30N4O. The molecule has 2 saturated heterocycles. The van der Waals surface area contributed by atoms with E-state index in [-0.39, 0.29) is 0 Å². The monoisotopic (exact) mass is 402 g/mol. The van der Waals surface area contributed by atoms with Crippen LogP contribution in [0.5, 0.6) is 0 Å². The van der Waals surface area contributed by atoms with Crippen molar-refractivity contribution in [3.63, 3.8) is 0 Å². The van der Waals surface area contributed by atoms with Gasteiger partial charge in [0.1, 0.15) is 0 Å². The maximum absolute atomic E-state index is 7.96. The van der Waals surface area contributed by atoms with Gasteiger partial charge in [0.25, 0.3) is 0 Å². The number of hydrogen-bond donors (Lipinski definition) is 2. The zero-order valence-corrected chi connectivity index (χ0v) is 17.7. The molecule has 3 heterocycles. The molecule has 2 aliphatic heterocycles. The number of aryl methyl sites for hydroxylation is 2. The van der Waals surface area contributed by atoms with Crippen LogP contribution in [0.4, 0.5) is 0 Å². The predicted molar refractivity (Wildman–Crippen MR) is 123 cm³/mol. The Hall–Kier alpha value is -2.53. The molecule has 2 aromatic rings. The fourth-order valence-electron chi connectivity index (χ4n) is 5.50. The lowest BCUT2D eigenvalue weighted by Crippen LogP contribution is -2.27. The van der Waals surface area contributed by atoms with Crippen LogP contribution in [-0.4, -0.2) is 35.7 Å². The Kier molecular flexibility index (Phi) is 5.15. The molecule has 5 nitrogen and oxygen atoms in total. The second kappa shape index (κ2) is 7.95. The van der Waals surface area contributed by atoms with E-state index >= 15 is 0 Å². The Morgan fingerprint density at radius 3 is 2.60 bits per heavy atom. The molecule has 3 N–H and O–H groups in total. The molecule has 2 atom stereocenters. The van der Waals surface area contributed by atoms with Crippen LogP contribution in [0.2, 0.25) is 0 Å². The summed E-state index contributed by atoms with van der Waals surface area (Å²) < 4.78 is 5.96. The molecule has 0 spiro atoms. The Morgan fingerprint density at radius 1 is 1.17 bits per heavy atom. The topological polar surface area (TPSA) is 84.3 Å². The normalized spacial score (nSPS) is 26.3. The summed E-state index contributed by atoms with van der Waals surface area (Å²) in [6.07, 6.45) is 14.6. The van der Waals surface area contributed by atoms with Crippen molar-refractivity contribution < 1.29 is 4.74 Å². The molecule has 2 unspecified atom stereocenters. The lowest BCUT2D eigenvalue weighted by Gasteiger charge is -2.26. The number of allylic oxidation sites excluding steroid dienone is 1. The third kappa shape index (κ3) is 3.35. The first-order valence-electron chi connectivity index (χ1n) is 11.2. The number of rotatable bonds is 4. The Labute approximate surface area is 177 Å². The number of nitrogens with two attached hydrogens (primary N) is 1. The summed E-state index contributed by atoms with van der Waals surface area (Å²) in [7, 11) is 0. The maximum atomic E-state index is 7.96. The van der Waals surface area contributed by atoms with Crippen LogP contribution < -0.4 is 5.73 Å². The highest BCUT2D eigenvalue weighted by molar-refractivity contribution is 6.11. The summed E-state index contributed by atoms with van der Waals surface area (Å²) in [4.78, 5) is 9.97. The molecule has 1 aliphatic carbocycles. The first kappa shape index (κ1) is 19.4. The molecule has 0 amide bonds. The number of ether oxygens (including phenoxy) is 1. The third-order valence-corrected chi connectivity index (χ3v) is 7.02. The number of fused-ring (bicyclic) bond motifs is 5. The summed E-state index contributed by atoms with van der Waals surface area (Å²) in [6, 6.07) is 4.46. The fourth-order valence-corrected chi connectivity index (χ4v) is 5.50. The number of pyridine rings is 1. The van der Waals surface area contributed by atoms with E-state index in [2.05, 4.69) is 19.1 Å². The van der Waals surface area contributed by atoms with Crippen molar-refractivity contribution in [1.29, 1.82) is 5.41 Å². The molecule has 5 rings (SSSR count). The van der Waals surface area contributed by atoms with Crippen molar-refractivity contribution >= 4 is 28.9 Å². The highest BCUT2D eigenvalue weighted by Crippen LogP contribution is 2.36. The quantitative estimate of drug-likeness (QED) is 0.739. The van der Waals surface area contributed by atoms with E-state index in [0.29, 0.717) is 18.2 Å². The summed E-state index contributed by atoms with van der Waals surface area (Å²) >= 11 is 0. The van der Waals surface area contributed by atoms with Crippen molar-refractivity contribution in [1.82, 2.24) is 4.98 Å². The minimum Gasteiger partial charge on any atom is -0.404 e. The molecule has 0 saturated carbocycles. The van der Waals surface area contributed by atoms with Crippen LogP contribution in [0.3, 0.4) is 0 Å². The summed E-state index contributed by atoms with van der Waals surface area (Å²) in [6.45, 7) is 2.07. The molecule has 2 fully saturated rings. The van der Waals surface area contributed by atoms with Gasteiger partial charge < -0.3 is 15.9 Å². The van der Waals surface area contributed by atoms with Gasteiger partial charge in [-0.3, -0.25) is 4.99 Å². The molecule has 3 aliphatic rings. The van der Waals surface area contributed by atoms with Gasteiger partial charge in [0.15, 0.2) is 0 Å². The highest BCUT2D eigenvalue weighted by atomic mass is 16.5. The molecule has 1 aromatic heterocycles. The van der Waals surface area contributed by atoms with Crippen LogP contribution in [0.1, 0.15) is 66.5 Å². The van der Waals surface area contributed by atoms with Gasteiger partial charge >= 0.3 is 0 Å². The summed E-state index contributed by atoms with van der Waals surface area (Å²) in [5.74, 6) is 0. The minimum atomic E-state index is 0.314. The van der Waals surface area contributed by atoms with E-state index in [1.165, 1.54) is 36.6 Å². The molecule has 0 radical (unpaired) electrons. The summed E-state index contributed by atoms with van der Waals surface area (Å²) in [5.41, 5.74) is 13.7. The zero-order chi connectivity index (χ0) is 20.7. The van der Waals surface area contributed by atoms with Crippen LogP contribution >= 0.6 is 0 Å². The van der Waals surface area contributed by atoms with E-state index in [1.807, 2.05) is 6.21 Å². The molecule has 5 heteroatoms. The van der Waals surface area contributed by atoms with Crippen LogP contribution in [0, 0.1) is 12.3 Å². The second-order valence-corrected chi connectivity index (χ2v) is 8.94. The van der Waals surface area contributed by atoms with Crippen molar-refractivity contribution in [2.24, 2.45) is 10.7 Å². The number of nitrogens with zero attached hydrogens (tertiary/aromatic N) is 2. The Bertz CT molecular complexity index is 1040. The average Bonchev–Trinajstić information content (AvgIpc) is 3.12. The second-order valence-electron chi connectivity index (χ2n) is 8.94. The molecule has 156 valence electrons. The zero-order valence-electron chi connectivity index (χ0n) is 17.7. The molecular weight excluding hydrogens is 372 g/mol. The molecule has 1 aromatic carbocycles. The smallest absolute Gasteiger partial charge is 0.0774 e. The fraction of sp³-hybridized carbons (Fsp3) is 0.480. The molecule has 2 bridgehead atoms. The number of aromatic nitrogens is 1. The number of nitrogens with one attached hydrogen (secondary N) is 1. The number of hydrogen-bond acceptors (Lipinski definition) is 5. The average molecular weight is 403 g/mol. The van der Waals surface area contributed by atoms with E-state index in [9.17, 15) is 0 Å². The van der Waals surface area contributed by atoms with Crippen molar-refractivity contribution in [3.8, 4) is 0 Å². The van der Waals surface area contributed by atoms with Crippen LogP contribution in [-0.2, 0) is 17.6 Å². The summed E-state index contributed by atoms with van der Waals surface area (Å²) in [5, 5.41) is 9.11. The van der Waals surface area contributed by atoms with Gasteiger partial charge in [0.05, 0.1) is 29.5 Å². The Morgan fingerprint density at radius 2 is 1.90 bits per heavy atom. The van der Waals surface area contributed by atoms with E-state index in [0.717, 1.165) is 65.4 Å². The minimum absolute atomic E-state index is 0.314. The maximum Gasteiger partial charge on any atom is 0.0774 e. The Balaban J connectivity index is 1.56.